The minimum atomic E-state index is 0.346. The third-order valence-electron chi connectivity index (χ3n) is 1.67. The Balaban J connectivity index is 2.76. The van der Waals surface area contributed by atoms with Crippen LogP contribution in [0.2, 0.25) is 5.15 Å². The molecule has 0 aliphatic carbocycles. The number of azide groups is 1. The van der Waals surface area contributed by atoms with Crippen molar-refractivity contribution in [3.8, 4) is 0 Å². The van der Waals surface area contributed by atoms with Crippen LogP contribution >= 0.6 is 11.6 Å². The zero-order chi connectivity index (χ0) is 10.4. The molecule has 0 saturated heterocycles. The molecule has 0 aliphatic rings. The van der Waals surface area contributed by atoms with Crippen molar-refractivity contribution in [2.75, 3.05) is 6.54 Å². The molecule has 0 amide bonds. The van der Waals surface area contributed by atoms with E-state index in [1.807, 2.05) is 13.0 Å². The Morgan fingerprint density at radius 1 is 1.71 bits per heavy atom. The van der Waals surface area contributed by atoms with Crippen LogP contribution in [0.4, 0.5) is 0 Å². The molecule has 1 heterocycles. The minimum absolute atomic E-state index is 0.346. The third-order valence-corrected chi connectivity index (χ3v) is 1.87. The van der Waals surface area contributed by atoms with Crippen LogP contribution in [0.5, 0.6) is 0 Å². The highest BCUT2D eigenvalue weighted by atomic mass is 35.5. The van der Waals surface area contributed by atoms with Crippen molar-refractivity contribution in [3.05, 3.63) is 45.1 Å². The summed E-state index contributed by atoms with van der Waals surface area (Å²) in [4.78, 5) is 6.59. The molecular formula is C9H9ClN4. The number of hydrogen-bond acceptors (Lipinski definition) is 2. The number of pyridine rings is 1. The van der Waals surface area contributed by atoms with Gasteiger partial charge in [0.25, 0.3) is 0 Å². The molecule has 0 radical (unpaired) electrons. The molecule has 1 aromatic heterocycles. The maximum atomic E-state index is 8.05. The molecule has 0 unspecified atom stereocenters. The van der Waals surface area contributed by atoms with Gasteiger partial charge >= 0.3 is 0 Å². The smallest absolute Gasteiger partial charge is 0.129 e. The number of rotatable bonds is 3. The number of aromatic nitrogens is 1. The normalized spacial score (nSPS) is 10.1. The van der Waals surface area contributed by atoms with Gasteiger partial charge in [0, 0.05) is 17.7 Å². The van der Waals surface area contributed by atoms with Crippen LogP contribution < -0.4 is 0 Å². The first-order chi connectivity index (χ1) is 6.74. The highest BCUT2D eigenvalue weighted by molar-refractivity contribution is 6.29. The second-order valence-corrected chi connectivity index (χ2v) is 3.07. The molecule has 14 heavy (non-hydrogen) atoms. The molecule has 0 aliphatic heterocycles. The van der Waals surface area contributed by atoms with Gasteiger partial charge in [-0.3, -0.25) is 0 Å². The lowest BCUT2D eigenvalue weighted by Gasteiger charge is -1.98. The fourth-order valence-electron chi connectivity index (χ4n) is 0.970. The van der Waals surface area contributed by atoms with Crippen molar-refractivity contribution >= 4 is 17.7 Å². The summed E-state index contributed by atoms with van der Waals surface area (Å²) < 4.78 is 0. The van der Waals surface area contributed by atoms with Gasteiger partial charge < -0.3 is 0 Å². The minimum Gasteiger partial charge on any atom is -0.244 e. The van der Waals surface area contributed by atoms with Crippen molar-refractivity contribution in [3.63, 3.8) is 0 Å². The summed E-state index contributed by atoms with van der Waals surface area (Å²) in [5.41, 5.74) is 10.1. The summed E-state index contributed by atoms with van der Waals surface area (Å²) in [6.45, 7) is 2.29. The molecule has 4 nitrogen and oxygen atoms in total. The first-order valence-corrected chi connectivity index (χ1v) is 4.41. The highest BCUT2D eigenvalue weighted by Crippen LogP contribution is 2.13. The first kappa shape index (κ1) is 10.6. The second-order valence-electron chi connectivity index (χ2n) is 2.68. The molecule has 5 heteroatoms. The predicted octanol–water partition coefficient (Wildman–Crippen LogP) is 3.37. The van der Waals surface area contributed by atoms with Gasteiger partial charge in [0.1, 0.15) is 5.15 Å². The second kappa shape index (κ2) is 5.27. The zero-order valence-electron chi connectivity index (χ0n) is 7.68. The van der Waals surface area contributed by atoms with E-state index in [4.69, 9.17) is 17.1 Å². The lowest BCUT2D eigenvalue weighted by Crippen LogP contribution is -1.83. The zero-order valence-corrected chi connectivity index (χ0v) is 8.44. The van der Waals surface area contributed by atoms with Crippen LogP contribution in [-0.2, 0) is 0 Å². The van der Waals surface area contributed by atoms with Crippen LogP contribution in [0.25, 0.3) is 16.5 Å². The summed E-state index contributed by atoms with van der Waals surface area (Å²) in [6, 6.07) is 1.79. The molecule has 1 aromatic rings. The molecule has 0 saturated carbocycles. The molecule has 0 fully saturated rings. The van der Waals surface area contributed by atoms with Crippen LogP contribution in [0.15, 0.2) is 23.5 Å². The van der Waals surface area contributed by atoms with E-state index in [-0.39, 0.29) is 0 Å². The molecule has 0 bridgehead atoms. The Morgan fingerprint density at radius 3 is 3.14 bits per heavy atom. The summed E-state index contributed by atoms with van der Waals surface area (Å²) in [7, 11) is 0. The van der Waals surface area contributed by atoms with Crippen molar-refractivity contribution < 1.29 is 0 Å². The largest absolute Gasteiger partial charge is 0.244 e. The molecule has 0 spiro atoms. The van der Waals surface area contributed by atoms with E-state index in [0.29, 0.717) is 11.7 Å². The Hall–Kier alpha value is -1.51. The maximum absolute atomic E-state index is 8.05. The third kappa shape index (κ3) is 3.09. The van der Waals surface area contributed by atoms with E-state index in [9.17, 15) is 0 Å². The highest BCUT2D eigenvalue weighted by Gasteiger charge is 1.95. The van der Waals surface area contributed by atoms with Gasteiger partial charge in [0.15, 0.2) is 0 Å². The Bertz CT molecular complexity index is 394. The van der Waals surface area contributed by atoms with Gasteiger partial charge in [-0.15, -0.1) is 0 Å². The lowest BCUT2D eigenvalue weighted by molar-refractivity contribution is 1.21. The topological polar surface area (TPSA) is 61.7 Å². The van der Waals surface area contributed by atoms with Gasteiger partial charge in [0.2, 0.25) is 0 Å². The molecule has 0 N–H and O–H groups in total. The summed E-state index contributed by atoms with van der Waals surface area (Å²) in [6.07, 6.45) is 5.31. The number of halogens is 1. The van der Waals surface area contributed by atoms with Gasteiger partial charge in [-0.2, -0.15) is 0 Å². The molecular weight excluding hydrogens is 200 g/mol. The fourth-order valence-corrected chi connectivity index (χ4v) is 1.18. The Kier molecular flexibility index (Phi) is 3.98. The monoisotopic (exact) mass is 208 g/mol. The number of hydrogen-bond donors (Lipinski definition) is 0. The van der Waals surface area contributed by atoms with Crippen molar-refractivity contribution in [2.24, 2.45) is 5.11 Å². The van der Waals surface area contributed by atoms with E-state index in [2.05, 4.69) is 15.0 Å². The van der Waals surface area contributed by atoms with E-state index in [0.717, 1.165) is 11.1 Å². The summed E-state index contributed by atoms with van der Waals surface area (Å²) in [5.74, 6) is 0. The lowest BCUT2D eigenvalue weighted by atomic mass is 10.1. The van der Waals surface area contributed by atoms with E-state index in [1.165, 1.54) is 0 Å². The fraction of sp³-hybridized carbons (Fsp3) is 0.222. The Labute approximate surface area is 86.9 Å². The molecule has 0 aromatic carbocycles. The van der Waals surface area contributed by atoms with Crippen molar-refractivity contribution in [2.45, 2.75) is 6.92 Å². The summed E-state index contributed by atoms with van der Waals surface area (Å²) >= 11 is 5.70. The van der Waals surface area contributed by atoms with Gasteiger partial charge in [0.05, 0.1) is 0 Å². The molecule has 0 atom stereocenters. The van der Waals surface area contributed by atoms with Crippen LogP contribution in [0.3, 0.4) is 0 Å². The van der Waals surface area contributed by atoms with Crippen LogP contribution in [0, 0.1) is 6.92 Å². The van der Waals surface area contributed by atoms with Crippen LogP contribution in [0.1, 0.15) is 11.1 Å². The van der Waals surface area contributed by atoms with Crippen molar-refractivity contribution in [1.82, 2.24) is 4.98 Å². The van der Waals surface area contributed by atoms with Crippen LogP contribution in [-0.4, -0.2) is 11.5 Å². The standard InChI is InChI=1S/C9H9ClN4/c1-7-5-9(10)12-6-8(7)3-2-4-13-14-11/h2-3,5-6H,4H2,1H3. The van der Waals surface area contributed by atoms with E-state index < -0.39 is 0 Å². The quantitative estimate of drug-likeness (QED) is 0.325. The van der Waals surface area contributed by atoms with Gasteiger partial charge in [-0.1, -0.05) is 28.9 Å². The van der Waals surface area contributed by atoms with Gasteiger partial charge in [-0.25, -0.2) is 4.98 Å². The average Bonchev–Trinajstić information content (AvgIpc) is 2.15. The number of nitrogens with zero attached hydrogens (tertiary/aromatic N) is 4. The first-order valence-electron chi connectivity index (χ1n) is 4.03. The van der Waals surface area contributed by atoms with Gasteiger partial charge in [-0.05, 0) is 29.6 Å². The predicted molar refractivity (Wildman–Crippen MR) is 57.0 cm³/mol. The van der Waals surface area contributed by atoms with E-state index >= 15 is 0 Å². The average molecular weight is 209 g/mol. The SMILES string of the molecule is Cc1cc(Cl)ncc1C=CCN=[N+]=[N-]. The summed E-state index contributed by atoms with van der Waals surface area (Å²) in [5, 5.41) is 3.86. The van der Waals surface area contributed by atoms with E-state index in [1.54, 1.807) is 18.3 Å². The number of aryl methyl sites for hydroxylation is 1. The maximum Gasteiger partial charge on any atom is 0.129 e. The molecule has 72 valence electrons. The van der Waals surface area contributed by atoms with Crippen molar-refractivity contribution in [1.29, 1.82) is 0 Å². The molecule has 1 rings (SSSR count). The Morgan fingerprint density at radius 2 is 2.50 bits per heavy atom.